The third-order valence-electron chi connectivity index (χ3n) is 7.16. The number of aromatic nitrogens is 3. The van der Waals surface area contributed by atoms with Gasteiger partial charge in [-0.1, -0.05) is 0 Å². The van der Waals surface area contributed by atoms with Crippen LogP contribution >= 0.6 is 0 Å². The average Bonchev–Trinajstić information content (AvgIpc) is 3.01. The maximum absolute atomic E-state index is 13.2. The summed E-state index contributed by atoms with van der Waals surface area (Å²) in [6.07, 6.45) is 3.19. The maximum Gasteiger partial charge on any atom is 0.516 e. The second kappa shape index (κ2) is 9.21. The summed E-state index contributed by atoms with van der Waals surface area (Å²) in [4.78, 5) is 39.3. The van der Waals surface area contributed by atoms with Crippen molar-refractivity contribution in [3.8, 4) is 0 Å². The summed E-state index contributed by atoms with van der Waals surface area (Å²) in [5, 5.41) is 14.5. The minimum absolute atomic E-state index is 0.0290. The van der Waals surface area contributed by atoms with Gasteiger partial charge in [0.1, 0.15) is 0 Å². The molecule has 2 aromatic rings. The van der Waals surface area contributed by atoms with E-state index in [9.17, 15) is 9.59 Å². The molecule has 0 unspecified atom stereocenters. The molecule has 2 aromatic heterocycles. The molecule has 2 aliphatic rings. The molecule has 0 saturated carbocycles. The Morgan fingerprint density at radius 3 is 2.36 bits per heavy atom. The van der Waals surface area contributed by atoms with Gasteiger partial charge in [0.15, 0.2) is 17.3 Å². The number of carboxylic acid groups (broad SMARTS) is 1. The van der Waals surface area contributed by atoms with Crippen molar-refractivity contribution in [2.75, 3.05) is 29.0 Å². The Labute approximate surface area is 210 Å². The van der Waals surface area contributed by atoms with Gasteiger partial charge in [-0.25, -0.2) is 19.7 Å². The van der Waals surface area contributed by atoms with E-state index in [1.165, 1.54) is 6.20 Å². The number of piperidine rings is 1. The van der Waals surface area contributed by atoms with Gasteiger partial charge in [0.25, 0.3) is 5.91 Å². The molecule has 13 heteroatoms. The van der Waals surface area contributed by atoms with Gasteiger partial charge in [0.05, 0.1) is 22.5 Å². The first-order valence-electron chi connectivity index (χ1n) is 11.8. The maximum atomic E-state index is 13.2. The zero-order chi connectivity index (χ0) is 26.3. The van der Waals surface area contributed by atoms with Gasteiger partial charge in [-0.15, -0.1) is 0 Å². The van der Waals surface area contributed by atoms with Crippen LogP contribution in [0, 0.1) is 0 Å². The first kappa shape index (κ1) is 25.6. The summed E-state index contributed by atoms with van der Waals surface area (Å²) >= 11 is 0. The number of nitrogen functional groups attached to an aromatic ring is 1. The lowest BCUT2D eigenvalue weighted by Gasteiger charge is -2.40. The number of nitrogens with zero attached hydrogens (tertiary/aromatic N) is 4. The van der Waals surface area contributed by atoms with E-state index < -0.39 is 35.9 Å². The van der Waals surface area contributed by atoms with E-state index >= 15 is 0 Å². The third-order valence-corrected chi connectivity index (χ3v) is 7.16. The monoisotopic (exact) mass is 497 g/mol. The smallest absolute Gasteiger partial charge is 0.465 e. The Balaban J connectivity index is 1.51. The Bertz CT molecular complexity index is 1150. The Kier molecular flexibility index (Phi) is 6.56. The van der Waals surface area contributed by atoms with Crippen LogP contribution in [0.3, 0.4) is 0 Å². The highest BCUT2D eigenvalue weighted by Crippen LogP contribution is 2.36. The second-order valence-corrected chi connectivity index (χ2v) is 10.4. The van der Waals surface area contributed by atoms with Crippen molar-refractivity contribution in [1.82, 2.24) is 20.3 Å². The lowest BCUT2D eigenvalue weighted by atomic mass is 9.85. The van der Waals surface area contributed by atoms with Crippen LogP contribution in [0.4, 0.5) is 22.1 Å². The third kappa shape index (κ3) is 5.07. The topological polar surface area (TPSA) is 165 Å². The van der Waals surface area contributed by atoms with Crippen molar-refractivity contribution in [3.63, 3.8) is 0 Å². The first-order chi connectivity index (χ1) is 16.8. The van der Waals surface area contributed by atoms with Crippen LogP contribution in [-0.2, 0) is 9.31 Å². The highest BCUT2D eigenvalue weighted by molar-refractivity contribution is 6.61. The molecule has 0 aromatic carbocycles. The molecule has 2 saturated heterocycles. The molecule has 0 aliphatic carbocycles. The molecule has 12 nitrogen and oxygen atoms in total. The molecular weight excluding hydrogens is 465 g/mol. The van der Waals surface area contributed by atoms with E-state index in [4.69, 9.17) is 20.1 Å². The van der Waals surface area contributed by atoms with Gasteiger partial charge in [-0.3, -0.25) is 4.79 Å². The SMILES string of the molecule is CC1(NC(=O)O)CCN(c2cccnc2NC(=O)c2nc(B3OC(C)(C)C(C)(C)O3)cnc2N)CC1. The molecule has 5 N–H and O–H groups in total. The molecule has 4 rings (SSSR count). The van der Waals surface area contributed by atoms with Crippen LogP contribution in [-0.4, -0.2) is 69.0 Å². The molecule has 2 fully saturated rings. The molecule has 0 atom stereocenters. The van der Waals surface area contributed by atoms with E-state index in [0.29, 0.717) is 37.3 Å². The number of carbonyl (C=O) groups is 2. The Morgan fingerprint density at radius 2 is 1.75 bits per heavy atom. The van der Waals surface area contributed by atoms with Crippen LogP contribution in [0.1, 0.15) is 57.9 Å². The van der Waals surface area contributed by atoms with Gasteiger partial charge < -0.3 is 35.7 Å². The van der Waals surface area contributed by atoms with Crippen molar-refractivity contribution in [1.29, 1.82) is 0 Å². The summed E-state index contributed by atoms with van der Waals surface area (Å²) in [6, 6.07) is 3.63. The van der Waals surface area contributed by atoms with Crippen LogP contribution in [0.5, 0.6) is 0 Å². The minimum Gasteiger partial charge on any atom is -0.465 e. The van der Waals surface area contributed by atoms with Gasteiger partial charge in [-0.05, 0) is 59.6 Å². The summed E-state index contributed by atoms with van der Waals surface area (Å²) in [6.45, 7) is 10.8. The average molecular weight is 497 g/mol. The lowest BCUT2D eigenvalue weighted by Crippen LogP contribution is -2.53. The van der Waals surface area contributed by atoms with Crippen molar-refractivity contribution >= 4 is 42.0 Å². The molecule has 192 valence electrons. The van der Waals surface area contributed by atoms with E-state index in [1.807, 2.05) is 40.7 Å². The fourth-order valence-electron chi connectivity index (χ4n) is 4.20. The molecule has 2 aliphatic heterocycles. The number of carbonyl (C=O) groups excluding carboxylic acids is 1. The Morgan fingerprint density at radius 1 is 1.11 bits per heavy atom. The van der Waals surface area contributed by atoms with Gasteiger partial charge in [0, 0.05) is 31.0 Å². The summed E-state index contributed by atoms with van der Waals surface area (Å²) < 4.78 is 12.0. The van der Waals surface area contributed by atoms with Crippen molar-refractivity contribution in [3.05, 3.63) is 30.2 Å². The number of hydrogen-bond acceptors (Lipinski definition) is 9. The number of nitrogens with two attached hydrogens (primary N) is 1. The van der Waals surface area contributed by atoms with Crippen LogP contribution in [0.2, 0.25) is 0 Å². The largest absolute Gasteiger partial charge is 0.516 e. The summed E-state index contributed by atoms with van der Waals surface area (Å²) in [5.41, 5.74) is 5.35. The van der Waals surface area contributed by atoms with Gasteiger partial charge in [0.2, 0.25) is 0 Å². The fourth-order valence-corrected chi connectivity index (χ4v) is 4.20. The summed E-state index contributed by atoms with van der Waals surface area (Å²) in [5.74, 6) is -0.244. The normalized spacial score (nSPS) is 20.1. The highest BCUT2D eigenvalue weighted by atomic mass is 16.7. The molecule has 36 heavy (non-hydrogen) atoms. The second-order valence-electron chi connectivity index (χ2n) is 10.4. The predicted molar refractivity (Wildman–Crippen MR) is 135 cm³/mol. The van der Waals surface area contributed by atoms with E-state index in [1.54, 1.807) is 12.3 Å². The minimum atomic E-state index is -1.04. The molecule has 0 bridgehead atoms. The number of pyridine rings is 1. The zero-order valence-corrected chi connectivity index (χ0v) is 21.2. The quantitative estimate of drug-likeness (QED) is 0.446. The number of hydrogen-bond donors (Lipinski definition) is 4. The van der Waals surface area contributed by atoms with Crippen molar-refractivity contribution in [2.24, 2.45) is 0 Å². The van der Waals surface area contributed by atoms with Crippen molar-refractivity contribution in [2.45, 2.75) is 64.2 Å². The standard InChI is InChI=1S/C23H32BN7O5/c1-21(2)22(3,4)36-24(35-21)15-13-27-17(25)16(28-15)19(32)29-18-14(7-6-10-26-18)31-11-8-23(5,9-12-31)30-20(33)34/h6-7,10,13,30H,8-9,11-12H2,1-5H3,(H2,25,27)(H,33,34)(H,26,29,32). The van der Waals surface area contributed by atoms with E-state index in [2.05, 4.69) is 30.5 Å². The van der Waals surface area contributed by atoms with Crippen molar-refractivity contribution < 1.29 is 24.0 Å². The van der Waals surface area contributed by atoms with Gasteiger partial charge >= 0.3 is 13.2 Å². The number of anilines is 3. The molecular formula is C23H32BN7O5. The van der Waals surface area contributed by atoms with Crippen LogP contribution in [0.25, 0.3) is 0 Å². The predicted octanol–water partition coefficient (Wildman–Crippen LogP) is 1.63. The van der Waals surface area contributed by atoms with Crippen LogP contribution in [0.15, 0.2) is 24.5 Å². The molecule has 0 radical (unpaired) electrons. The van der Waals surface area contributed by atoms with Crippen LogP contribution < -0.4 is 26.9 Å². The molecule has 0 spiro atoms. The van der Waals surface area contributed by atoms with Gasteiger partial charge in [-0.2, -0.15) is 0 Å². The number of amides is 2. The van der Waals surface area contributed by atoms with E-state index in [0.717, 1.165) is 5.69 Å². The fraction of sp³-hybridized carbons (Fsp3) is 0.522. The lowest BCUT2D eigenvalue weighted by molar-refractivity contribution is 0.00578. The first-order valence-corrected chi connectivity index (χ1v) is 11.8. The highest BCUT2D eigenvalue weighted by Gasteiger charge is 2.52. The molecule has 4 heterocycles. The summed E-state index contributed by atoms with van der Waals surface area (Å²) in [7, 11) is -0.790. The number of nitrogens with one attached hydrogen (secondary N) is 2. The van der Waals surface area contributed by atoms with E-state index in [-0.39, 0.29) is 11.5 Å². The number of rotatable bonds is 5. The molecule has 2 amide bonds. The zero-order valence-electron chi connectivity index (χ0n) is 21.2. The Hall–Kier alpha value is -3.45.